The number of nitrogens with zero attached hydrogens (tertiary/aromatic N) is 2. The minimum absolute atomic E-state index is 0.00227. The summed E-state index contributed by atoms with van der Waals surface area (Å²) in [7, 11) is 0. The van der Waals surface area contributed by atoms with Crippen molar-refractivity contribution in [2.24, 2.45) is 0 Å². The molecule has 0 N–H and O–H groups in total. The van der Waals surface area contributed by atoms with Crippen LogP contribution in [0.25, 0.3) is 27.4 Å². The molecule has 4 heteroatoms. The highest BCUT2D eigenvalue weighted by Crippen LogP contribution is 2.26. The Hall–Kier alpha value is -2.59. The first-order chi connectivity index (χ1) is 11.3. The van der Waals surface area contributed by atoms with Crippen molar-refractivity contribution in [1.29, 1.82) is 0 Å². The number of hydrogen-bond donors (Lipinski definition) is 0. The molecule has 0 saturated carbocycles. The van der Waals surface area contributed by atoms with E-state index in [9.17, 15) is 4.79 Å². The van der Waals surface area contributed by atoms with Crippen molar-refractivity contribution in [1.82, 2.24) is 9.55 Å². The molecule has 0 amide bonds. The lowest BCUT2D eigenvalue weighted by atomic mass is 10.1. The van der Waals surface area contributed by atoms with Gasteiger partial charge in [-0.1, -0.05) is 36.4 Å². The number of thioether (sulfide) groups is 1. The lowest BCUT2D eigenvalue weighted by Crippen LogP contribution is -2.19. The summed E-state index contributed by atoms with van der Waals surface area (Å²) in [6, 6.07) is 19.4. The standard InChI is InChI=1S/C19H14N2OS/c1-23-18-11-17-16(12-20-18)14-9-5-6-10-15(14)19(22)21(17)13-7-3-2-4-8-13/h2-12H,1H3. The van der Waals surface area contributed by atoms with Crippen LogP contribution in [0.5, 0.6) is 0 Å². The fourth-order valence-corrected chi connectivity index (χ4v) is 3.29. The average molecular weight is 318 g/mol. The number of rotatable bonds is 2. The highest BCUT2D eigenvalue weighted by molar-refractivity contribution is 7.98. The van der Waals surface area contributed by atoms with Crippen LogP contribution in [0.15, 0.2) is 76.7 Å². The van der Waals surface area contributed by atoms with E-state index in [1.54, 1.807) is 16.3 Å². The van der Waals surface area contributed by atoms with Crippen molar-refractivity contribution in [3.63, 3.8) is 0 Å². The first kappa shape index (κ1) is 14.0. The highest BCUT2D eigenvalue weighted by atomic mass is 32.2. The smallest absolute Gasteiger partial charge is 0.263 e. The van der Waals surface area contributed by atoms with Crippen LogP contribution in [0.3, 0.4) is 0 Å². The molecule has 0 radical (unpaired) electrons. The van der Waals surface area contributed by atoms with Crippen molar-refractivity contribution >= 4 is 33.4 Å². The second kappa shape index (κ2) is 5.56. The third-order valence-corrected chi connectivity index (χ3v) is 4.61. The van der Waals surface area contributed by atoms with Gasteiger partial charge in [0.2, 0.25) is 0 Å². The zero-order valence-electron chi connectivity index (χ0n) is 12.6. The molecule has 2 aromatic heterocycles. The van der Waals surface area contributed by atoms with Crippen LogP contribution in [-0.4, -0.2) is 15.8 Å². The van der Waals surface area contributed by atoms with Crippen LogP contribution in [0.1, 0.15) is 0 Å². The SMILES string of the molecule is CSc1cc2c(cn1)c1ccccc1c(=O)n2-c1ccccc1. The summed E-state index contributed by atoms with van der Waals surface area (Å²) in [5, 5.41) is 3.54. The second-order valence-corrected chi connectivity index (χ2v) is 6.09. The zero-order valence-corrected chi connectivity index (χ0v) is 13.4. The fraction of sp³-hybridized carbons (Fsp3) is 0.0526. The zero-order chi connectivity index (χ0) is 15.8. The molecule has 3 nitrogen and oxygen atoms in total. The minimum atomic E-state index is -0.00227. The Kier molecular flexibility index (Phi) is 3.39. The van der Waals surface area contributed by atoms with Crippen molar-refractivity contribution in [2.75, 3.05) is 6.26 Å². The summed E-state index contributed by atoms with van der Waals surface area (Å²) in [6.07, 6.45) is 3.85. The van der Waals surface area contributed by atoms with Gasteiger partial charge in [-0.05, 0) is 35.9 Å². The predicted molar refractivity (Wildman–Crippen MR) is 96.6 cm³/mol. The second-order valence-electron chi connectivity index (χ2n) is 5.27. The summed E-state index contributed by atoms with van der Waals surface area (Å²) in [5.41, 5.74) is 1.75. The van der Waals surface area contributed by atoms with Crippen LogP contribution in [-0.2, 0) is 0 Å². The molecular weight excluding hydrogens is 304 g/mol. The van der Waals surface area contributed by atoms with Crippen molar-refractivity contribution in [2.45, 2.75) is 5.03 Å². The van der Waals surface area contributed by atoms with E-state index >= 15 is 0 Å². The van der Waals surface area contributed by atoms with Gasteiger partial charge in [0.25, 0.3) is 5.56 Å². The average Bonchev–Trinajstić information content (AvgIpc) is 2.62. The Bertz CT molecular complexity index is 1070. The van der Waals surface area contributed by atoms with E-state index in [0.717, 1.165) is 27.0 Å². The Balaban J connectivity index is 2.25. The van der Waals surface area contributed by atoms with E-state index < -0.39 is 0 Å². The maximum Gasteiger partial charge on any atom is 0.263 e. The van der Waals surface area contributed by atoms with E-state index in [0.29, 0.717) is 5.39 Å². The molecule has 112 valence electrons. The van der Waals surface area contributed by atoms with Gasteiger partial charge in [0.1, 0.15) is 0 Å². The van der Waals surface area contributed by atoms with Gasteiger partial charge in [0.05, 0.1) is 10.5 Å². The number of fused-ring (bicyclic) bond motifs is 3. The molecule has 0 aliphatic carbocycles. The quantitative estimate of drug-likeness (QED) is 0.409. The summed E-state index contributed by atoms with van der Waals surface area (Å²) in [6.45, 7) is 0. The van der Waals surface area contributed by atoms with Crippen LogP contribution >= 0.6 is 11.8 Å². The van der Waals surface area contributed by atoms with Gasteiger partial charge in [-0.25, -0.2) is 4.98 Å². The van der Waals surface area contributed by atoms with Crippen molar-refractivity contribution < 1.29 is 0 Å². The molecule has 0 aliphatic heterocycles. The van der Waals surface area contributed by atoms with Gasteiger partial charge >= 0.3 is 0 Å². The lowest BCUT2D eigenvalue weighted by Gasteiger charge is -2.13. The third kappa shape index (κ3) is 2.23. The first-order valence-corrected chi connectivity index (χ1v) is 8.55. The van der Waals surface area contributed by atoms with E-state index in [2.05, 4.69) is 4.98 Å². The Morgan fingerprint density at radius 2 is 1.61 bits per heavy atom. The number of pyridine rings is 2. The molecule has 0 bridgehead atoms. The van der Waals surface area contributed by atoms with E-state index in [4.69, 9.17) is 0 Å². The third-order valence-electron chi connectivity index (χ3n) is 3.97. The van der Waals surface area contributed by atoms with Crippen LogP contribution in [0.4, 0.5) is 0 Å². The molecule has 4 aromatic rings. The highest BCUT2D eigenvalue weighted by Gasteiger charge is 2.12. The molecule has 0 unspecified atom stereocenters. The number of aromatic nitrogens is 2. The Labute approximate surface area is 137 Å². The molecular formula is C19H14N2OS. The summed E-state index contributed by atoms with van der Waals surface area (Å²) < 4.78 is 1.78. The van der Waals surface area contributed by atoms with Gasteiger partial charge in [0.15, 0.2) is 0 Å². The van der Waals surface area contributed by atoms with E-state index in [-0.39, 0.29) is 5.56 Å². The molecule has 2 heterocycles. The maximum atomic E-state index is 13.1. The molecule has 4 rings (SSSR count). The van der Waals surface area contributed by atoms with Gasteiger partial charge in [-0.2, -0.15) is 0 Å². The summed E-state index contributed by atoms with van der Waals surface area (Å²) >= 11 is 1.57. The molecule has 2 aromatic carbocycles. The summed E-state index contributed by atoms with van der Waals surface area (Å²) in [4.78, 5) is 17.6. The first-order valence-electron chi connectivity index (χ1n) is 7.32. The molecule has 0 saturated heterocycles. The monoisotopic (exact) mass is 318 g/mol. The largest absolute Gasteiger partial charge is 0.276 e. The maximum absolute atomic E-state index is 13.1. The number of para-hydroxylation sites is 1. The normalized spacial score (nSPS) is 11.2. The van der Waals surface area contributed by atoms with Gasteiger partial charge in [-0.15, -0.1) is 11.8 Å². The molecule has 0 fully saturated rings. The Morgan fingerprint density at radius 3 is 2.35 bits per heavy atom. The molecule has 0 atom stereocenters. The lowest BCUT2D eigenvalue weighted by molar-refractivity contribution is 1.04. The van der Waals surface area contributed by atoms with E-state index in [1.807, 2.05) is 73.1 Å². The number of benzene rings is 2. The summed E-state index contributed by atoms with van der Waals surface area (Å²) in [5.74, 6) is 0. The van der Waals surface area contributed by atoms with Gasteiger partial charge in [-0.3, -0.25) is 9.36 Å². The van der Waals surface area contributed by atoms with Crippen molar-refractivity contribution in [3.05, 3.63) is 77.2 Å². The van der Waals surface area contributed by atoms with Crippen molar-refractivity contribution in [3.8, 4) is 5.69 Å². The Morgan fingerprint density at radius 1 is 0.913 bits per heavy atom. The van der Waals surface area contributed by atoms with Crippen LogP contribution in [0, 0.1) is 0 Å². The topological polar surface area (TPSA) is 34.9 Å². The molecule has 0 spiro atoms. The fourth-order valence-electron chi connectivity index (χ4n) is 2.90. The molecule has 0 aliphatic rings. The van der Waals surface area contributed by atoms with Gasteiger partial charge in [0, 0.05) is 22.7 Å². The molecule has 23 heavy (non-hydrogen) atoms. The van der Waals surface area contributed by atoms with Crippen LogP contribution < -0.4 is 5.56 Å². The van der Waals surface area contributed by atoms with E-state index in [1.165, 1.54) is 0 Å². The number of hydrogen-bond acceptors (Lipinski definition) is 3. The van der Waals surface area contributed by atoms with Crippen LogP contribution in [0.2, 0.25) is 0 Å². The predicted octanol–water partition coefficient (Wildman–Crippen LogP) is 4.26. The van der Waals surface area contributed by atoms with Gasteiger partial charge < -0.3 is 0 Å². The minimum Gasteiger partial charge on any atom is -0.276 e.